The maximum absolute atomic E-state index is 13.2. The molecule has 9 heteroatoms. The number of rotatable bonds is 3. The molecule has 3 aliphatic rings. The number of aromatic nitrogens is 4. The summed E-state index contributed by atoms with van der Waals surface area (Å²) in [4.78, 5) is 38.3. The van der Waals surface area contributed by atoms with Gasteiger partial charge in [-0.1, -0.05) is 6.07 Å². The van der Waals surface area contributed by atoms with Crippen LogP contribution in [0, 0.1) is 5.92 Å². The molecule has 3 aliphatic heterocycles. The minimum Gasteiger partial charge on any atom is -0.334 e. The van der Waals surface area contributed by atoms with E-state index in [0.717, 1.165) is 18.5 Å². The number of hydrogen-bond donors (Lipinski definition) is 0. The first-order chi connectivity index (χ1) is 13.2. The Hall–Kier alpha value is -2.81. The zero-order valence-electron chi connectivity index (χ0n) is 14.6. The van der Waals surface area contributed by atoms with Gasteiger partial charge in [0.1, 0.15) is 12.0 Å². The molecule has 0 radical (unpaired) electrons. The molecule has 8 nitrogen and oxygen atoms in total. The fraction of sp³-hybridized carbons (Fsp3) is 0.389. The van der Waals surface area contributed by atoms with Gasteiger partial charge in [-0.3, -0.25) is 9.59 Å². The molecule has 2 atom stereocenters. The van der Waals surface area contributed by atoms with E-state index < -0.39 is 0 Å². The molecule has 0 saturated carbocycles. The maximum atomic E-state index is 13.2. The number of piperidine rings is 1. The number of thiazole rings is 1. The lowest BCUT2D eigenvalue weighted by molar-refractivity contribution is -0.140. The molecule has 3 aromatic rings. The van der Waals surface area contributed by atoms with E-state index in [1.165, 1.54) is 17.7 Å². The summed E-state index contributed by atoms with van der Waals surface area (Å²) in [6.45, 7) is 1.51. The molecule has 2 amide bonds. The van der Waals surface area contributed by atoms with Gasteiger partial charge in [0, 0.05) is 24.5 Å². The van der Waals surface area contributed by atoms with Gasteiger partial charge < -0.3 is 9.80 Å². The molecule has 138 valence electrons. The molecule has 3 saturated heterocycles. The molecular formula is C18H18N6O2S. The minimum absolute atomic E-state index is 0.0249. The summed E-state index contributed by atoms with van der Waals surface area (Å²) in [6.07, 6.45) is 3.18. The second kappa shape index (κ2) is 6.41. The lowest BCUT2D eigenvalue weighted by atomic mass is 9.94. The van der Waals surface area contributed by atoms with Crippen LogP contribution in [-0.4, -0.2) is 60.3 Å². The Bertz CT molecular complexity index is 1000. The minimum atomic E-state index is -0.152. The monoisotopic (exact) mass is 382 g/mol. The first kappa shape index (κ1) is 16.4. The standard InChI is InChI=1S/C18H18N6O2S/c25-17-12-4-5-14(23(17)7-13-9-27-11-20-13)8-22(6-12)18(26)15-2-1-3-16-19-10-21-24(15)16/h1-3,9-12,14H,4-8H2/t12-,14+/m0/s1. The molecule has 0 unspecified atom stereocenters. The zero-order valence-corrected chi connectivity index (χ0v) is 15.4. The number of pyridine rings is 1. The van der Waals surface area contributed by atoms with E-state index in [2.05, 4.69) is 15.1 Å². The fourth-order valence-corrected chi connectivity index (χ4v) is 4.62. The van der Waals surface area contributed by atoms with Gasteiger partial charge in [0.15, 0.2) is 5.65 Å². The highest BCUT2D eigenvalue weighted by Gasteiger charge is 2.42. The van der Waals surface area contributed by atoms with Crippen molar-refractivity contribution >= 4 is 28.8 Å². The summed E-state index contributed by atoms with van der Waals surface area (Å²) >= 11 is 1.53. The number of amides is 2. The van der Waals surface area contributed by atoms with Gasteiger partial charge in [0.2, 0.25) is 5.91 Å². The molecule has 3 aromatic heterocycles. The summed E-state index contributed by atoms with van der Waals surface area (Å²) in [5.41, 5.74) is 3.81. The van der Waals surface area contributed by atoms with Gasteiger partial charge in [-0.15, -0.1) is 11.3 Å². The first-order valence-electron chi connectivity index (χ1n) is 8.96. The van der Waals surface area contributed by atoms with Crippen molar-refractivity contribution in [2.45, 2.75) is 25.4 Å². The van der Waals surface area contributed by atoms with Crippen molar-refractivity contribution in [2.75, 3.05) is 13.1 Å². The third-order valence-electron chi connectivity index (χ3n) is 5.42. The number of carbonyl (C=O) groups is 2. The van der Waals surface area contributed by atoms with Gasteiger partial charge in [-0.05, 0) is 25.0 Å². The SMILES string of the molecule is O=C(c1cccc2ncnn12)N1C[C@@H]2CC[C@H](C1)N(Cc1cscn1)C2=O. The van der Waals surface area contributed by atoms with Crippen molar-refractivity contribution in [3.05, 3.63) is 46.8 Å². The Balaban J connectivity index is 1.43. The zero-order chi connectivity index (χ0) is 18.4. The van der Waals surface area contributed by atoms with Crippen molar-refractivity contribution in [3.8, 4) is 0 Å². The molecule has 6 rings (SSSR count). The summed E-state index contributed by atoms with van der Waals surface area (Å²) in [5.74, 6) is -0.124. The van der Waals surface area contributed by atoms with Gasteiger partial charge in [0.25, 0.3) is 5.91 Å². The van der Waals surface area contributed by atoms with Crippen LogP contribution in [0.25, 0.3) is 5.65 Å². The van der Waals surface area contributed by atoms with Crippen molar-refractivity contribution in [2.24, 2.45) is 5.92 Å². The van der Waals surface area contributed by atoms with Gasteiger partial charge >= 0.3 is 0 Å². The van der Waals surface area contributed by atoms with E-state index in [9.17, 15) is 9.59 Å². The smallest absolute Gasteiger partial charge is 0.272 e. The number of fused-ring (bicyclic) bond motifs is 5. The second-order valence-corrected chi connectivity index (χ2v) is 7.74. The second-order valence-electron chi connectivity index (χ2n) is 7.03. The average molecular weight is 382 g/mol. The van der Waals surface area contributed by atoms with Gasteiger partial charge in [0.05, 0.1) is 23.7 Å². The fourth-order valence-electron chi connectivity index (χ4n) is 4.07. The highest BCUT2D eigenvalue weighted by atomic mass is 32.1. The van der Waals surface area contributed by atoms with E-state index in [1.807, 2.05) is 22.4 Å². The lowest BCUT2D eigenvalue weighted by Crippen LogP contribution is -2.47. The van der Waals surface area contributed by atoms with Crippen LogP contribution in [0.5, 0.6) is 0 Å². The third kappa shape index (κ3) is 2.78. The first-order valence-corrected chi connectivity index (χ1v) is 9.90. The molecule has 0 spiro atoms. The predicted molar refractivity (Wildman–Crippen MR) is 98.1 cm³/mol. The van der Waals surface area contributed by atoms with Crippen molar-refractivity contribution < 1.29 is 9.59 Å². The Morgan fingerprint density at radius 3 is 3.00 bits per heavy atom. The summed E-state index contributed by atoms with van der Waals surface area (Å²) in [5, 5.41) is 6.14. The molecule has 27 heavy (non-hydrogen) atoms. The normalized spacial score (nSPS) is 22.4. The molecule has 3 fully saturated rings. The summed E-state index contributed by atoms with van der Waals surface area (Å²) in [7, 11) is 0. The summed E-state index contributed by atoms with van der Waals surface area (Å²) in [6, 6.07) is 5.40. The molecule has 6 heterocycles. The quantitative estimate of drug-likeness (QED) is 0.685. The van der Waals surface area contributed by atoms with Gasteiger partial charge in [-0.2, -0.15) is 5.10 Å². The largest absolute Gasteiger partial charge is 0.334 e. The van der Waals surface area contributed by atoms with E-state index >= 15 is 0 Å². The topological polar surface area (TPSA) is 83.7 Å². The predicted octanol–water partition coefficient (Wildman–Crippen LogP) is 1.45. The highest BCUT2D eigenvalue weighted by molar-refractivity contribution is 7.07. The summed E-state index contributed by atoms with van der Waals surface area (Å²) < 4.78 is 1.56. The average Bonchev–Trinajstić information content (AvgIpc) is 3.30. The maximum Gasteiger partial charge on any atom is 0.272 e. The third-order valence-corrected chi connectivity index (χ3v) is 6.05. The van der Waals surface area contributed by atoms with Crippen LogP contribution in [0.4, 0.5) is 0 Å². The van der Waals surface area contributed by atoms with Crippen molar-refractivity contribution in [1.29, 1.82) is 0 Å². The molecule has 0 aromatic carbocycles. The Morgan fingerprint density at radius 2 is 2.15 bits per heavy atom. The van der Waals surface area contributed by atoms with Crippen LogP contribution in [0.3, 0.4) is 0 Å². The van der Waals surface area contributed by atoms with Gasteiger partial charge in [-0.25, -0.2) is 14.5 Å². The van der Waals surface area contributed by atoms with Crippen LogP contribution in [-0.2, 0) is 11.3 Å². The van der Waals surface area contributed by atoms with Crippen LogP contribution in [0.1, 0.15) is 29.0 Å². The van der Waals surface area contributed by atoms with Crippen molar-refractivity contribution in [3.63, 3.8) is 0 Å². The molecule has 0 N–H and O–H groups in total. The van der Waals surface area contributed by atoms with Crippen molar-refractivity contribution in [1.82, 2.24) is 29.4 Å². The Morgan fingerprint density at radius 1 is 1.22 bits per heavy atom. The Labute approximate surface area is 159 Å². The Kier molecular flexibility index (Phi) is 3.89. The van der Waals surface area contributed by atoms with E-state index in [-0.39, 0.29) is 23.8 Å². The number of carbonyl (C=O) groups excluding carboxylic acids is 2. The number of nitrogens with zero attached hydrogens (tertiary/aromatic N) is 6. The molecule has 0 aliphatic carbocycles. The van der Waals surface area contributed by atoms with Crippen LogP contribution < -0.4 is 0 Å². The van der Waals surface area contributed by atoms with E-state index in [4.69, 9.17) is 0 Å². The highest BCUT2D eigenvalue weighted by Crippen LogP contribution is 2.31. The lowest BCUT2D eigenvalue weighted by Gasteiger charge is -2.35. The van der Waals surface area contributed by atoms with E-state index in [0.29, 0.717) is 31.0 Å². The van der Waals surface area contributed by atoms with Crippen LogP contribution in [0.15, 0.2) is 35.4 Å². The van der Waals surface area contributed by atoms with Crippen LogP contribution >= 0.6 is 11.3 Å². The molecular weight excluding hydrogens is 364 g/mol. The van der Waals surface area contributed by atoms with Crippen LogP contribution in [0.2, 0.25) is 0 Å². The number of hydrogen-bond acceptors (Lipinski definition) is 6. The van der Waals surface area contributed by atoms with E-state index in [1.54, 1.807) is 21.0 Å². The molecule has 2 bridgehead atoms.